The third kappa shape index (κ3) is 2.77. The second-order valence-electron chi connectivity index (χ2n) is 4.02. The lowest BCUT2D eigenvalue weighted by molar-refractivity contribution is 0.111. The molecule has 104 valence electrons. The van der Waals surface area contributed by atoms with Crippen LogP contribution in [-0.2, 0) is 6.61 Å². The Hall–Kier alpha value is -2.43. The van der Waals surface area contributed by atoms with Gasteiger partial charge in [0, 0.05) is 0 Å². The zero-order valence-corrected chi connectivity index (χ0v) is 10.7. The molecule has 0 amide bonds. The minimum atomic E-state index is -0.936. The molecule has 2 aromatic carbocycles. The van der Waals surface area contributed by atoms with E-state index in [-0.39, 0.29) is 18.6 Å². The van der Waals surface area contributed by atoms with Gasteiger partial charge in [0.05, 0.1) is 12.7 Å². The summed E-state index contributed by atoms with van der Waals surface area (Å²) >= 11 is 0. The first-order chi connectivity index (χ1) is 9.67. The molecule has 2 rings (SSSR count). The van der Waals surface area contributed by atoms with Crippen LogP contribution in [-0.4, -0.2) is 13.4 Å². The number of carbonyl (C=O) groups excluding carboxylic acids is 1. The summed E-state index contributed by atoms with van der Waals surface area (Å²) < 4.78 is 37.7. The number of halogens is 2. The fourth-order valence-corrected chi connectivity index (χ4v) is 1.74. The Morgan fingerprint density at radius 2 is 1.85 bits per heavy atom. The average Bonchev–Trinajstić information content (AvgIpc) is 2.48. The highest BCUT2D eigenvalue weighted by molar-refractivity contribution is 5.77. The van der Waals surface area contributed by atoms with Crippen molar-refractivity contribution in [2.75, 3.05) is 7.11 Å². The van der Waals surface area contributed by atoms with E-state index in [1.54, 1.807) is 24.3 Å². The molecule has 0 atom stereocenters. The molecule has 2 aromatic rings. The number of rotatable bonds is 5. The maximum atomic E-state index is 14.0. The second kappa shape index (κ2) is 6.14. The smallest absolute Gasteiger partial charge is 0.201 e. The van der Waals surface area contributed by atoms with E-state index in [0.717, 1.165) is 11.6 Å². The predicted molar refractivity (Wildman–Crippen MR) is 69.1 cm³/mol. The van der Waals surface area contributed by atoms with Gasteiger partial charge in [-0.05, 0) is 11.6 Å². The largest absolute Gasteiger partial charge is 0.490 e. The minimum absolute atomic E-state index is 0.0376. The summed E-state index contributed by atoms with van der Waals surface area (Å²) in [6.07, 6.45) is 0.229. The highest BCUT2D eigenvalue weighted by Gasteiger charge is 2.20. The molecule has 0 radical (unpaired) electrons. The summed E-state index contributed by atoms with van der Waals surface area (Å²) in [6.45, 7) is 0.0376. The number of benzene rings is 2. The Morgan fingerprint density at radius 3 is 2.45 bits per heavy atom. The maximum absolute atomic E-state index is 14.0. The van der Waals surface area contributed by atoms with E-state index in [0.29, 0.717) is 0 Å². The van der Waals surface area contributed by atoms with Crippen LogP contribution in [0.15, 0.2) is 36.4 Å². The average molecular weight is 278 g/mol. The summed E-state index contributed by atoms with van der Waals surface area (Å²) in [7, 11) is 1.20. The summed E-state index contributed by atoms with van der Waals surface area (Å²) in [4.78, 5) is 10.7. The summed E-state index contributed by atoms with van der Waals surface area (Å²) in [5.41, 5.74) is 0.372. The first-order valence-corrected chi connectivity index (χ1v) is 5.85. The topological polar surface area (TPSA) is 35.5 Å². The predicted octanol–water partition coefficient (Wildman–Crippen LogP) is 3.36. The van der Waals surface area contributed by atoms with Gasteiger partial charge in [-0.2, -0.15) is 0 Å². The molecule has 0 unspecified atom stereocenters. The monoisotopic (exact) mass is 278 g/mol. The molecule has 0 spiro atoms. The molecule has 0 aliphatic heterocycles. The van der Waals surface area contributed by atoms with Crippen molar-refractivity contribution in [1.82, 2.24) is 0 Å². The molecule has 0 N–H and O–H groups in total. The van der Waals surface area contributed by atoms with Gasteiger partial charge in [-0.25, -0.2) is 8.78 Å². The summed E-state index contributed by atoms with van der Waals surface area (Å²) in [5.74, 6) is -2.55. The molecular formula is C15H12F2O3. The third-order valence-corrected chi connectivity index (χ3v) is 2.72. The van der Waals surface area contributed by atoms with Gasteiger partial charge in [0.25, 0.3) is 0 Å². The second-order valence-corrected chi connectivity index (χ2v) is 4.02. The standard InChI is InChI=1S/C15H12F2O3/c1-19-14-12(16)7-11(8-18)13(17)15(14)20-9-10-5-3-2-4-6-10/h2-8H,9H2,1H3. The van der Waals surface area contributed by atoms with Crippen LogP contribution in [0.1, 0.15) is 15.9 Å². The van der Waals surface area contributed by atoms with E-state index < -0.39 is 22.9 Å². The van der Waals surface area contributed by atoms with Crippen LogP contribution in [0.3, 0.4) is 0 Å². The van der Waals surface area contributed by atoms with Gasteiger partial charge in [0.2, 0.25) is 5.75 Å². The van der Waals surface area contributed by atoms with Crippen molar-refractivity contribution < 1.29 is 23.0 Å². The first-order valence-electron chi connectivity index (χ1n) is 5.85. The van der Waals surface area contributed by atoms with Gasteiger partial charge in [0.1, 0.15) is 6.61 Å². The Kier molecular flexibility index (Phi) is 4.30. The zero-order chi connectivity index (χ0) is 14.5. The van der Waals surface area contributed by atoms with Gasteiger partial charge in [-0.3, -0.25) is 4.79 Å². The summed E-state index contributed by atoms with van der Waals surface area (Å²) in [5, 5.41) is 0. The Balaban J connectivity index is 2.34. The first kappa shape index (κ1) is 14.0. The van der Waals surface area contributed by atoms with Crippen molar-refractivity contribution in [2.45, 2.75) is 6.61 Å². The lowest BCUT2D eigenvalue weighted by atomic mass is 10.2. The fraction of sp³-hybridized carbons (Fsp3) is 0.133. The Labute approximate surface area is 114 Å². The lowest BCUT2D eigenvalue weighted by Crippen LogP contribution is -2.04. The van der Waals surface area contributed by atoms with Crippen molar-refractivity contribution in [3.8, 4) is 11.5 Å². The van der Waals surface area contributed by atoms with E-state index in [1.165, 1.54) is 7.11 Å². The number of aldehydes is 1. The Morgan fingerprint density at radius 1 is 1.15 bits per heavy atom. The highest BCUT2D eigenvalue weighted by Crippen LogP contribution is 2.35. The number of carbonyl (C=O) groups is 1. The number of methoxy groups -OCH3 is 1. The molecule has 0 heterocycles. The van der Waals surface area contributed by atoms with Gasteiger partial charge in [0.15, 0.2) is 23.7 Å². The SMILES string of the molecule is COc1c(F)cc(C=O)c(F)c1OCc1ccccc1. The molecule has 0 saturated heterocycles. The summed E-state index contributed by atoms with van der Waals surface area (Å²) in [6, 6.07) is 9.77. The van der Waals surface area contributed by atoms with Crippen LogP contribution >= 0.6 is 0 Å². The van der Waals surface area contributed by atoms with E-state index in [2.05, 4.69) is 0 Å². The van der Waals surface area contributed by atoms with Crippen molar-refractivity contribution in [1.29, 1.82) is 0 Å². The quantitative estimate of drug-likeness (QED) is 0.787. The van der Waals surface area contributed by atoms with Gasteiger partial charge in [-0.1, -0.05) is 30.3 Å². The van der Waals surface area contributed by atoms with E-state index >= 15 is 0 Å². The van der Waals surface area contributed by atoms with Crippen LogP contribution in [0, 0.1) is 11.6 Å². The molecule has 0 aliphatic rings. The fourth-order valence-electron chi connectivity index (χ4n) is 1.74. The van der Waals surface area contributed by atoms with Gasteiger partial charge in [-0.15, -0.1) is 0 Å². The molecule has 20 heavy (non-hydrogen) atoms. The van der Waals surface area contributed by atoms with Crippen LogP contribution in [0.2, 0.25) is 0 Å². The minimum Gasteiger partial charge on any atom is -0.490 e. The van der Waals surface area contributed by atoms with Gasteiger partial charge < -0.3 is 9.47 Å². The molecule has 0 saturated carbocycles. The molecule has 3 nitrogen and oxygen atoms in total. The van der Waals surface area contributed by atoms with Crippen molar-refractivity contribution in [3.63, 3.8) is 0 Å². The molecule has 0 fully saturated rings. The van der Waals surface area contributed by atoms with Crippen LogP contribution < -0.4 is 9.47 Å². The number of ether oxygens (including phenoxy) is 2. The van der Waals surface area contributed by atoms with Crippen LogP contribution in [0.25, 0.3) is 0 Å². The van der Waals surface area contributed by atoms with Crippen molar-refractivity contribution >= 4 is 6.29 Å². The Bertz CT molecular complexity index is 612. The molecule has 0 bridgehead atoms. The van der Waals surface area contributed by atoms with Crippen molar-refractivity contribution in [2.24, 2.45) is 0 Å². The van der Waals surface area contributed by atoms with E-state index in [4.69, 9.17) is 9.47 Å². The van der Waals surface area contributed by atoms with Gasteiger partial charge >= 0.3 is 0 Å². The molecular weight excluding hydrogens is 266 g/mol. The molecule has 0 aromatic heterocycles. The van der Waals surface area contributed by atoms with Crippen molar-refractivity contribution in [3.05, 3.63) is 59.2 Å². The number of hydrogen-bond donors (Lipinski definition) is 0. The normalized spacial score (nSPS) is 10.2. The van der Waals surface area contributed by atoms with Crippen LogP contribution in [0.4, 0.5) is 8.78 Å². The zero-order valence-electron chi connectivity index (χ0n) is 10.7. The van der Waals surface area contributed by atoms with E-state index in [1.807, 2.05) is 6.07 Å². The molecule has 0 aliphatic carbocycles. The third-order valence-electron chi connectivity index (χ3n) is 2.72. The molecule has 5 heteroatoms. The van der Waals surface area contributed by atoms with E-state index in [9.17, 15) is 13.6 Å². The lowest BCUT2D eigenvalue weighted by Gasteiger charge is -2.13. The highest BCUT2D eigenvalue weighted by atomic mass is 19.1. The van der Waals surface area contributed by atoms with Crippen LogP contribution in [0.5, 0.6) is 11.5 Å². The maximum Gasteiger partial charge on any atom is 0.201 e. The number of hydrogen-bond acceptors (Lipinski definition) is 3.